The Kier molecular flexibility index (Phi) is 4.49. The van der Waals surface area contributed by atoms with Crippen LogP contribution in [-0.4, -0.2) is 19.9 Å². The summed E-state index contributed by atoms with van der Waals surface area (Å²) in [6, 6.07) is 6.34. The molecule has 1 unspecified atom stereocenters. The summed E-state index contributed by atoms with van der Waals surface area (Å²) in [6.45, 7) is 4.63. The third kappa shape index (κ3) is 2.88. The predicted octanol–water partition coefficient (Wildman–Crippen LogP) is 2.67. The molecule has 1 aromatic carbocycles. The fraction of sp³-hybridized carbons (Fsp3) is 0.467. The number of aliphatic hydroxyl groups is 1. The van der Waals surface area contributed by atoms with Gasteiger partial charge in [-0.3, -0.25) is 0 Å². The lowest BCUT2D eigenvalue weighted by Crippen LogP contribution is -2.30. The van der Waals surface area contributed by atoms with Crippen molar-refractivity contribution in [1.82, 2.24) is 14.8 Å². The van der Waals surface area contributed by atoms with Crippen molar-refractivity contribution in [2.75, 3.05) is 0 Å². The Balaban J connectivity index is 2.32. The van der Waals surface area contributed by atoms with E-state index in [1.54, 1.807) is 22.9 Å². The maximum Gasteiger partial charge on any atom is 0.138 e. The standard InChI is InChI=1S/C15H20FN3O/c1-3-9-19-14(17-11-18-19)10-15(20,4-2)12-7-5-6-8-13(12)16/h5-8,11,20H,3-4,9-10H2,1-2H3. The van der Waals surface area contributed by atoms with Gasteiger partial charge in [0, 0.05) is 18.5 Å². The van der Waals surface area contributed by atoms with Gasteiger partial charge in [-0.05, 0) is 18.9 Å². The summed E-state index contributed by atoms with van der Waals surface area (Å²) in [4.78, 5) is 4.19. The van der Waals surface area contributed by atoms with E-state index in [4.69, 9.17) is 0 Å². The van der Waals surface area contributed by atoms with E-state index in [0.717, 1.165) is 13.0 Å². The molecular formula is C15H20FN3O. The van der Waals surface area contributed by atoms with E-state index < -0.39 is 11.4 Å². The lowest BCUT2D eigenvalue weighted by Gasteiger charge is -2.27. The van der Waals surface area contributed by atoms with Gasteiger partial charge >= 0.3 is 0 Å². The van der Waals surface area contributed by atoms with Crippen LogP contribution in [0.1, 0.15) is 38.1 Å². The Labute approximate surface area is 118 Å². The van der Waals surface area contributed by atoms with Gasteiger partial charge in [-0.2, -0.15) is 5.10 Å². The van der Waals surface area contributed by atoms with Crippen LogP contribution in [0.4, 0.5) is 4.39 Å². The van der Waals surface area contributed by atoms with E-state index in [1.807, 2.05) is 13.8 Å². The second kappa shape index (κ2) is 6.13. The van der Waals surface area contributed by atoms with E-state index >= 15 is 0 Å². The van der Waals surface area contributed by atoms with Crippen molar-refractivity contribution in [2.45, 2.75) is 45.3 Å². The van der Waals surface area contributed by atoms with Crippen LogP contribution in [0.2, 0.25) is 0 Å². The molecule has 0 saturated carbocycles. The molecule has 2 rings (SSSR count). The van der Waals surface area contributed by atoms with Gasteiger partial charge in [-0.1, -0.05) is 32.0 Å². The Morgan fingerprint density at radius 1 is 1.30 bits per heavy atom. The highest BCUT2D eigenvalue weighted by Crippen LogP contribution is 2.30. The van der Waals surface area contributed by atoms with Crippen LogP contribution in [0.3, 0.4) is 0 Å². The van der Waals surface area contributed by atoms with E-state index in [9.17, 15) is 9.50 Å². The monoisotopic (exact) mass is 277 g/mol. The van der Waals surface area contributed by atoms with Crippen molar-refractivity contribution in [3.8, 4) is 0 Å². The number of halogens is 1. The molecule has 0 fully saturated rings. The van der Waals surface area contributed by atoms with Crippen molar-refractivity contribution in [1.29, 1.82) is 0 Å². The molecule has 0 aliphatic carbocycles. The van der Waals surface area contributed by atoms with Gasteiger partial charge in [0.25, 0.3) is 0 Å². The van der Waals surface area contributed by atoms with E-state index in [2.05, 4.69) is 10.1 Å². The molecule has 2 aromatic rings. The molecule has 1 atom stereocenters. The first-order valence-corrected chi connectivity index (χ1v) is 6.94. The highest BCUT2D eigenvalue weighted by Gasteiger charge is 2.32. The molecule has 1 heterocycles. The number of rotatable bonds is 6. The lowest BCUT2D eigenvalue weighted by atomic mass is 9.87. The molecule has 108 valence electrons. The third-order valence-corrected chi connectivity index (χ3v) is 3.54. The molecule has 0 spiro atoms. The quantitative estimate of drug-likeness (QED) is 0.883. The molecule has 0 aliphatic rings. The molecule has 1 aromatic heterocycles. The van der Waals surface area contributed by atoms with Crippen LogP contribution in [0.15, 0.2) is 30.6 Å². The number of benzene rings is 1. The molecule has 5 heteroatoms. The molecule has 0 aliphatic heterocycles. The Morgan fingerprint density at radius 3 is 2.70 bits per heavy atom. The lowest BCUT2D eigenvalue weighted by molar-refractivity contribution is 0.0261. The minimum atomic E-state index is -1.26. The fourth-order valence-corrected chi connectivity index (χ4v) is 2.33. The van der Waals surface area contributed by atoms with Gasteiger partial charge in [-0.25, -0.2) is 14.1 Å². The van der Waals surface area contributed by atoms with Crippen LogP contribution >= 0.6 is 0 Å². The summed E-state index contributed by atoms with van der Waals surface area (Å²) in [5, 5.41) is 15.0. The van der Waals surface area contributed by atoms with Gasteiger partial charge in [0.2, 0.25) is 0 Å². The molecule has 4 nitrogen and oxygen atoms in total. The number of aryl methyl sites for hydroxylation is 1. The van der Waals surface area contributed by atoms with Gasteiger partial charge in [0.15, 0.2) is 0 Å². The first-order chi connectivity index (χ1) is 9.60. The predicted molar refractivity (Wildman–Crippen MR) is 74.6 cm³/mol. The van der Waals surface area contributed by atoms with Crippen molar-refractivity contribution < 1.29 is 9.50 Å². The summed E-state index contributed by atoms with van der Waals surface area (Å²) in [6.07, 6.45) is 3.07. The van der Waals surface area contributed by atoms with Crippen LogP contribution in [-0.2, 0) is 18.6 Å². The van der Waals surface area contributed by atoms with Crippen molar-refractivity contribution in [3.05, 3.63) is 47.8 Å². The van der Waals surface area contributed by atoms with Crippen molar-refractivity contribution in [2.24, 2.45) is 0 Å². The van der Waals surface area contributed by atoms with Gasteiger partial charge in [0.05, 0.1) is 5.60 Å². The fourth-order valence-electron chi connectivity index (χ4n) is 2.33. The van der Waals surface area contributed by atoms with E-state index in [-0.39, 0.29) is 6.42 Å². The second-order valence-electron chi connectivity index (χ2n) is 4.94. The second-order valence-corrected chi connectivity index (χ2v) is 4.94. The highest BCUT2D eigenvalue weighted by atomic mass is 19.1. The van der Waals surface area contributed by atoms with Crippen LogP contribution < -0.4 is 0 Å². The number of hydrogen-bond acceptors (Lipinski definition) is 3. The molecule has 1 N–H and O–H groups in total. The molecule has 20 heavy (non-hydrogen) atoms. The van der Waals surface area contributed by atoms with Gasteiger partial charge < -0.3 is 5.11 Å². The van der Waals surface area contributed by atoms with Gasteiger partial charge in [-0.15, -0.1) is 0 Å². The number of hydrogen-bond donors (Lipinski definition) is 1. The SMILES string of the molecule is CCCn1ncnc1CC(O)(CC)c1ccccc1F. The Hall–Kier alpha value is -1.75. The molecular weight excluding hydrogens is 257 g/mol. The normalized spacial score (nSPS) is 14.2. The summed E-state index contributed by atoms with van der Waals surface area (Å²) in [5.74, 6) is 0.290. The number of nitrogens with zero attached hydrogens (tertiary/aromatic N) is 3. The van der Waals surface area contributed by atoms with Crippen LogP contribution in [0.5, 0.6) is 0 Å². The average Bonchev–Trinajstić information content (AvgIpc) is 2.86. The van der Waals surface area contributed by atoms with Crippen LogP contribution in [0, 0.1) is 5.82 Å². The maximum absolute atomic E-state index is 13.9. The molecule has 0 saturated heterocycles. The zero-order valence-electron chi connectivity index (χ0n) is 11.9. The topological polar surface area (TPSA) is 50.9 Å². The van der Waals surface area contributed by atoms with Crippen molar-refractivity contribution in [3.63, 3.8) is 0 Å². The minimum absolute atomic E-state index is 0.254. The van der Waals surface area contributed by atoms with Crippen LogP contribution in [0.25, 0.3) is 0 Å². The zero-order chi connectivity index (χ0) is 14.6. The van der Waals surface area contributed by atoms with E-state index in [0.29, 0.717) is 17.8 Å². The zero-order valence-corrected chi connectivity index (χ0v) is 11.9. The summed E-state index contributed by atoms with van der Waals surface area (Å²) < 4.78 is 15.7. The van der Waals surface area contributed by atoms with E-state index in [1.165, 1.54) is 12.4 Å². The summed E-state index contributed by atoms with van der Waals surface area (Å²) in [5.41, 5.74) is -0.947. The largest absolute Gasteiger partial charge is 0.385 e. The number of aromatic nitrogens is 3. The summed E-state index contributed by atoms with van der Waals surface area (Å²) >= 11 is 0. The average molecular weight is 277 g/mol. The first-order valence-electron chi connectivity index (χ1n) is 6.94. The maximum atomic E-state index is 13.9. The summed E-state index contributed by atoms with van der Waals surface area (Å²) in [7, 11) is 0. The Morgan fingerprint density at radius 2 is 2.05 bits per heavy atom. The smallest absolute Gasteiger partial charge is 0.138 e. The third-order valence-electron chi connectivity index (χ3n) is 3.54. The van der Waals surface area contributed by atoms with Gasteiger partial charge in [0.1, 0.15) is 18.0 Å². The Bertz CT molecular complexity index is 570. The first kappa shape index (κ1) is 14.7. The highest BCUT2D eigenvalue weighted by molar-refractivity contribution is 5.25. The van der Waals surface area contributed by atoms with Crippen molar-refractivity contribution >= 4 is 0 Å². The molecule has 0 radical (unpaired) electrons. The molecule has 0 bridgehead atoms. The minimum Gasteiger partial charge on any atom is -0.385 e. The molecule has 0 amide bonds.